The Kier molecular flexibility index (Phi) is 16.4. The summed E-state index contributed by atoms with van der Waals surface area (Å²) in [4.78, 5) is 25.3. The van der Waals surface area contributed by atoms with E-state index in [1.54, 1.807) is 59.4 Å². The van der Waals surface area contributed by atoms with Gasteiger partial charge in [0.1, 0.15) is 58.1 Å². The number of methoxy groups -OCH3 is 4. The van der Waals surface area contributed by atoms with Crippen LogP contribution in [0.5, 0.6) is 23.0 Å². The molecule has 0 unspecified atom stereocenters. The second-order valence-corrected chi connectivity index (χ2v) is 22.7. The number of benzene rings is 2. The Balaban J connectivity index is 0.000000211. The van der Waals surface area contributed by atoms with Gasteiger partial charge in [0.2, 0.25) is 0 Å². The highest BCUT2D eigenvalue weighted by molar-refractivity contribution is 7.91. The van der Waals surface area contributed by atoms with Crippen LogP contribution in [0.2, 0.25) is 0 Å². The molecule has 0 fully saturated rings. The second-order valence-electron chi connectivity index (χ2n) is 16.3. The number of hydrogen-bond donors (Lipinski definition) is 2. The highest BCUT2D eigenvalue weighted by atomic mass is 32.2. The Morgan fingerprint density at radius 2 is 0.861 bits per heavy atom. The summed E-state index contributed by atoms with van der Waals surface area (Å²) < 4.78 is 79.2. The number of para-hydroxylation sites is 2. The zero-order valence-corrected chi connectivity index (χ0v) is 44.1. The normalized spacial score (nSPS) is 13.4. The van der Waals surface area contributed by atoms with Crippen LogP contribution in [0.1, 0.15) is 71.9 Å². The van der Waals surface area contributed by atoms with Crippen molar-refractivity contribution in [1.29, 1.82) is 0 Å². The van der Waals surface area contributed by atoms with Gasteiger partial charge >= 0.3 is 0 Å². The van der Waals surface area contributed by atoms with Gasteiger partial charge in [-0.1, -0.05) is 12.1 Å². The second kappa shape index (κ2) is 22.3. The number of hydrogen-bond acceptors (Lipinski definition) is 22. The number of aryl methyl sites for hydroxylation is 4. The van der Waals surface area contributed by atoms with Crippen molar-refractivity contribution in [2.45, 2.75) is 75.8 Å². The van der Waals surface area contributed by atoms with Gasteiger partial charge in [0, 0.05) is 46.9 Å². The maximum absolute atomic E-state index is 13.5. The highest BCUT2D eigenvalue weighted by Gasteiger charge is 2.36. The van der Waals surface area contributed by atoms with Crippen LogP contribution in [0.25, 0.3) is 33.0 Å². The molecule has 0 aliphatic rings. The van der Waals surface area contributed by atoms with E-state index in [0.717, 1.165) is 22.5 Å². The molecule has 0 spiro atoms. The molecule has 380 valence electrons. The minimum atomic E-state index is -3.96. The Labute approximate surface area is 423 Å². The summed E-state index contributed by atoms with van der Waals surface area (Å²) >= 11 is 2.71. The third-order valence-electron chi connectivity index (χ3n) is 11.1. The number of rotatable bonds is 18. The fourth-order valence-corrected chi connectivity index (χ4v) is 11.3. The number of thiazole rings is 2. The summed E-state index contributed by atoms with van der Waals surface area (Å²) in [5, 5.41) is 40.9. The summed E-state index contributed by atoms with van der Waals surface area (Å²) in [5.41, 5.74) is 4.06. The minimum absolute atomic E-state index is 0.0310. The third-order valence-corrected chi connectivity index (χ3v) is 17.2. The summed E-state index contributed by atoms with van der Waals surface area (Å²) in [6.07, 6.45) is 3.26. The van der Waals surface area contributed by atoms with E-state index in [0.29, 0.717) is 56.0 Å². The van der Waals surface area contributed by atoms with Crippen LogP contribution in [-0.2, 0) is 31.2 Å². The van der Waals surface area contributed by atoms with Crippen LogP contribution in [0.3, 0.4) is 0 Å². The molecule has 0 aliphatic heterocycles. The van der Waals surface area contributed by atoms with Gasteiger partial charge < -0.3 is 29.2 Å². The van der Waals surface area contributed by atoms with Crippen molar-refractivity contribution in [3.63, 3.8) is 0 Å². The molecule has 8 rings (SSSR count). The first-order valence-corrected chi connectivity index (χ1v) is 27.0. The van der Waals surface area contributed by atoms with E-state index in [-0.39, 0.29) is 23.3 Å². The molecule has 26 heteroatoms. The van der Waals surface area contributed by atoms with Gasteiger partial charge in [-0.05, 0) is 76.9 Å². The first-order chi connectivity index (χ1) is 34.3. The molecule has 0 radical (unpaired) electrons. The Bertz CT molecular complexity index is 3110. The molecule has 6 aromatic heterocycles. The topological polar surface area (TPSA) is 284 Å². The average molecular weight is 1060 g/mol. The quantitative estimate of drug-likeness (QED) is 0.104. The lowest BCUT2D eigenvalue weighted by atomic mass is 10.2. The fraction of sp³-hybridized carbons (Fsp3) is 0.348. The summed E-state index contributed by atoms with van der Waals surface area (Å²) in [6, 6.07) is 10.4. The van der Waals surface area contributed by atoms with E-state index in [9.17, 15) is 27.0 Å². The molecule has 8 aromatic rings. The van der Waals surface area contributed by atoms with Crippen LogP contribution in [0.4, 0.5) is 0 Å². The maximum atomic E-state index is 13.5. The molecule has 0 aliphatic carbocycles. The fourth-order valence-electron chi connectivity index (χ4n) is 7.13. The van der Waals surface area contributed by atoms with Crippen LogP contribution >= 0.6 is 22.7 Å². The molecule has 2 N–H and O–H groups in total. The number of aliphatic hydroxyl groups is 2. The molecule has 0 bridgehead atoms. The molecular formula is C46H52N12O10S4. The van der Waals surface area contributed by atoms with Crippen LogP contribution in [-0.4, -0.2) is 125 Å². The number of ether oxygens (including phenoxy) is 4. The van der Waals surface area contributed by atoms with E-state index in [1.807, 2.05) is 24.6 Å². The first-order valence-electron chi connectivity index (χ1n) is 21.8. The van der Waals surface area contributed by atoms with E-state index < -0.39 is 53.9 Å². The minimum Gasteiger partial charge on any atom is -0.494 e. The van der Waals surface area contributed by atoms with Gasteiger partial charge in [0.05, 0.1) is 38.9 Å². The molecular weight excluding hydrogens is 1010 g/mol. The summed E-state index contributed by atoms with van der Waals surface area (Å²) in [6.45, 7) is 10.1. The predicted molar refractivity (Wildman–Crippen MR) is 268 cm³/mol. The van der Waals surface area contributed by atoms with Gasteiger partial charge in [-0.3, -0.25) is 9.13 Å². The number of aromatic nitrogens is 12. The first kappa shape index (κ1) is 53.0. The lowest BCUT2D eigenvalue weighted by molar-refractivity contribution is 0.165. The lowest BCUT2D eigenvalue weighted by Gasteiger charge is -2.20. The summed E-state index contributed by atoms with van der Waals surface area (Å²) in [5.74, 6) is 1.68. The van der Waals surface area contributed by atoms with Crippen molar-refractivity contribution in [1.82, 2.24) is 59.4 Å². The van der Waals surface area contributed by atoms with Crippen molar-refractivity contribution in [3.8, 4) is 56.0 Å². The van der Waals surface area contributed by atoms with Crippen LogP contribution in [0, 0.1) is 27.7 Å². The van der Waals surface area contributed by atoms with Gasteiger partial charge in [0.15, 0.2) is 64.6 Å². The van der Waals surface area contributed by atoms with Gasteiger partial charge in [-0.25, -0.2) is 46.7 Å². The third kappa shape index (κ3) is 11.3. The van der Waals surface area contributed by atoms with Gasteiger partial charge in [0.25, 0.3) is 0 Å². The van der Waals surface area contributed by atoms with E-state index >= 15 is 0 Å². The predicted octanol–water partition coefficient (Wildman–Crippen LogP) is 5.70. The average Bonchev–Trinajstić information content (AvgIpc) is 4.20. The van der Waals surface area contributed by atoms with Crippen LogP contribution < -0.4 is 18.9 Å². The van der Waals surface area contributed by atoms with Gasteiger partial charge in [-0.2, -0.15) is 0 Å². The number of sulfone groups is 2. The highest BCUT2D eigenvalue weighted by Crippen LogP contribution is 2.39. The Hall–Kier alpha value is -6.84. The monoisotopic (exact) mass is 1060 g/mol. The zero-order valence-electron chi connectivity index (χ0n) is 40.8. The standard InChI is InChI=1S/2C23H26N6O5S2/c2*1-13-9-24-21(25-10-13)20(30)15(3)36(31,32)12-18-27-28-22(23-26-14(2)11-35-23)29(18)19-16(33-4)7-6-8-17(19)34-5/h2*6-11,15,20,30H,12H2,1-5H3/t2*15-,20+/m10/s1. The SMILES string of the molecule is COc1cccc(OC)c1-n1c(CS(=O)(=O)[C@@H](C)[C@@H](O)c2ncc(C)cn2)nnc1-c1nc(C)cs1.COc1cccc(OC)c1-n1c(CS(=O)(=O)[C@H](C)[C@H](O)c2ncc(C)cn2)nnc1-c1nc(C)cs1. The van der Waals surface area contributed by atoms with Crippen molar-refractivity contribution >= 4 is 42.3 Å². The summed E-state index contributed by atoms with van der Waals surface area (Å²) in [7, 11) is -1.89. The van der Waals surface area contributed by atoms with Crippen molar-refractivity contribution < 1.29 is 46.0 Å². The number of nitrogens with zero attached hydrogens (tertiary/aromatic N) is 12. The Morgan fingerprint density at radius 1 is 0.542 bits per heavy atom. The van der Waals surface area contributed by atoms with Crippen LogP contribution in [0.15, 0.2) is 71.9 Å². The molecule has 72 heavy (non-hydrogen) atoms. The molecule has 2 aromatic carbocycles. The molecule has 6 heterocycles. The zero-order chi connectivity index (χ0) is 52.1. The van der Waals surface area contributed by atoms with Crippen molar-refractivity contribution in [3.05, 3.63) is 118 Å². The van der Waals surface area contributed by atoms with Crippen molar-refractivity contribution in [2.75, 3.05) is 28.4 Å². The molecule has 0 saturated heterocycles. The lowest BCUT2D eigenvalue weighted by Crippen LogP contribution is -2.29. The molecule has 22 nitrogen and oxygen atoms in total. The Morgan fingerprint density at radius 3 is 1.14 bits per heavy atom. The molecule has 4 atom stereocenters. The molecule has 0 saturated carbocycles. The van der Waals surface area contributed by atoms with E-state index in [2.05, 4.69) is 50.3 Å². The number of aliphatic hydroxyl groups excluding tert-OH is 2. The smallest absolute Gasteiger partial charge is 0.197 e. The van der Waals surface area contributed by atoms with E-state index in [4.69, 9.17) is 18.9 Å². The molecule has 0 amide bonds. The van der Waals surface area contributed by atoms with E-state index in [1.165, 1.54) is 89.7 Å². The largest absolute Gasteiger partial charge is 0.494 e. The van der Waals surface area contributed by atoms with Gasteiger partial charge in [-0.15, -0.1) is 43.1 Å². The maximum Gasteiger partial charge on any atom is 0.197 e. The van der Waals surface area contributed by atoms with Crippen molar-refractivity contribution in [2.24, 2.45) is 0 Å².